The van der Waals surface area contributed by atoms with Crippen molar-refractivity contribution in [3.63, 3.8) is 0 Å². The highest BCUT2D eigenvalue weighted by atomic mass is 32.1. The van der Waals surface area contributed by atoms with Crippen LogP contribution in [0.25, 0.3) is 0 Å². The molecule has 0 radical (unpaired) electrons. The number of H-pyrrole nitrogens is 4. The Hall–Kier alpha value is -4.90. The number of nitrogens with zero attached hydrogens (tertiary/aromatic N) is 8. The van der Waals surface area contributed by atoms with Gasteiger partial charge < -0.3 is 53.6 Å². The Bertz CT molecular complexity index is 1500. The molecule has 342 valence electrons. The van der Waals surface area contributed by atoms with E-state index in [1.165, 1.54) is 11.3 Å². The lowest BCUT2D eigenvalue weighted by Crippen LogP contribution is -2.03. The number of hydrogen-bond donors (Lipinski definition) is 5. The standard InChI is InChI=1S/C7H12N2OS.3C7H12N2O.C7H11NO2.C5H10N4O/c1-5(2)10-4-6-3-9-7(8)11-6;2*1-6(2)10-4-7-3-8-5-9-7;1-6(2)10-5-7-8-3-4-9-7;1-6(2)9-4-7-3-8-10-5-7;1-4(2)10-3-5-6-8-9-7-5/h3,5H,4H2,1-2H3,(H2,8,9);2*3,5-6H,4H2,1-2H3,(H,8,9);3-4,6H,5H2,1-2H3,(H,8,9);3,5-6H,4H2,1-2H3;4H,3H2,1-2H3,(H,6,7,8,9). The molecule has 0 fully saturated rings. The van der Waals surface area contributed by atoms with Gasteiger partial charge in [0.25, 0.3) is 0 Å². The van der Waals surface area contributed by atoms with Gasteiger partial charge in [0.1, 0.15) is 25.3 Å². The van der Waals surface area contributed by atoms with E-state index in [2.05, 4.69) is 65.2 Å². The third kappa shape index (κ3) is 32.5. The SMILES string of the molecule is CC(C)OCc1cnc(N)s1.CC(C)OCc1cnc[nH]1.CC(C)OCc1cnc[nH]1.CC(C)OCc1cnoc1.CC(C)OCc1ncc[nH]1.CC(C)OCc1nn[nH]n1. The number of hydrogen-bond acceptors (Lipinski definition) is 17. The molecule has 20 nitrogen and oxygen atoms in total. The summed E-state index contributed by atoms with van der Waals surface area (Å²) >= 11 is 1.47. The van der Waals surface area contributed by atoms with Crippen LogP contribution in [0.1, 0.15) is 117 Å². The molecule has 0 saturated carbocycles. The Balaban J connectivity index is 0.000000366. The maximum absolute atomic E-state index is 5.44. The molecule has 0 amide bonds. The van der Waals surface area contributed by atoms with Gasteiger partial charge in [-0.25, -0.2) is 19.9 Å². The molecule has 0 aliphatic rings. The predicted molar refractivity (Wildman–Crippen MR) is 233 cm³/mol. The van der Waals surface area contributed by atoms with Gasteiger partial charge in [0, 0.05) is 24.2 Å². The number of nitrogen functional groups attached to an aromatic ring is 1. The highest BCUT2D eigenvalue weighted by molar-refractivity contribution is 7.15. The van der Waals surface area contributed by atoms with Gasteiger partial charge in [-0.15, -0.1) is 10.2 Å². The van der Waals surface area contributed by atoms with E-state index in [1.807, 2.05) is 83.1 Å². The maximum Gasteiger partial charge on any atom is 0.200 e. The molecule has 6 rings (SSSR count). The van der Waals surface area contributed by atoms with Crippen LogP contribution in [-0.2, 0) is 68.1 Å². The number of thiazole rings is 1. The fraction of sp³-hybridized carbons (Fsp3) is 0.600. The average Bonchev–Trinajstić information content (AvgIpc) is 4.07. The van der Waals surface area contributed by atoms with E-state index in [9.17, 15) is 0 Å². The number of imidazole rings is 3. The van der Waals surface area contributed by atoms with Gasteiger partial charge >= 0.3 is 0 Å². The number of anilines is 1. The molecule has 21 heteroatoms. The minimum atomic E-state index is 0.207. The van der Waals surface area contributed by atoms with E-state index in [4.69, 9.17) is 34.2 Å². The lowest BCUT2D eigenvalue weighted by Gasteiger charge is -2.04. The summed E-state index contributed by atoms with van der Waals surface area (Å²) < 4.78 is 36.4. The smallest absolute Gasteiger partial charge is 0.200 e. The van der Waals surface area contributed by atoms with Crippen LogP contribution in [-0.4, -0.2) is 97.3 Å². The molecule has 0 unspecified atom stereocenters. The number of aromatic amines is 4. The summed E-state index contributed by atoms with van der Waals surface area (Å²) in [6.07, 6.45) is 16.9. The molecule has 0 saturated heterocycles. The Morgan fingerprint density at radius 1 is 0.607 bits per heavy atom. The third-order valence-corrected chi connectivity index (χ3v) is 7.29. The Labute approximate surface area is 363 Å². The lowest BCUT2D eigenvalue weighted by atomic mass is 10.4. The minimum Gasteiger partial charge on any atom is -0.375 e. The molecule has 61 heavy (non-hydrogen) atoms. The quantitative estimate of drug-likeness (QED) is 0.0564. The van der Waals surface area contributed by atoms with Crippen molar-refractivity contribution in [1.82, 2.24) is 60.7 Å². The van der Waals surface area contributed by atoms with Gasteiger partial charge in [-0.2, -0.15) is 5.21 Å². The lowest BCUT2D eigenvalue weighted by molar-refractivity contribution is 0.0612. The summed E-state index contributed by atoms with van der Waals surface area (Å²) in [5.41, 5.74) is 8.46. The molecule has 0 atom stereocenters. The van der Waals surface area contributed by atoms with Crippen LogP contribution in [0.5, 0.6) is 0 Å². The average molecular weight is 876 g/mol. The van der Waals surface area contributed by atoms with Gasteiger partial charge in [-0.3, -0.25) is 0 Å². The third-order valence-electron chi connectivity index (χ3n) is 6.49. The van der Waals surface area contributed by atoms with Crippen molar-refractivity contribution in [2.45, 2.75) is 159 Å². The Morgan fingerprint density at radius 2 is 1.13 bits per heavy atom. The number of tetrazole rings is 1. The summed E-state index contributed by atoms with van der Waals surface area (Å²) in [5, 5.41) is 17.3. The highest BCUT2D eigenvalue weighted by Crippen LogP contribution is 2.15. The van der Waals surface area contributed by atoms with Crippen molar-refractivity contribution in [3.8, 4) is 0 Å². The fourth-order valence-corrected chi connectivity index (χ4v) is 4.15. The molecule has 6 heterocycles. The van der Waals surface area contributed by atoms with Crippen LogP contribution in [0, 0.1) is 0 Å². The zero-order valence-electron chi connectivity index (χ0n) is 37.8. The van der Waals surface area contributed by atoms with E-state index < -0.39 is 0 Å². The van der Waals surface area contributed by atoms with Gasteiger partial charge in [-0.05, 0) is 83.1 Å². The summed E-state index contributed by atoms with van der Waals surface area (Å²) in [7, 11) is 0. The van der Waals surface area contributed by atoms with Gasteiger partial charge in [0.2, 0.25) is 0 Å². The summed E-state index contributed by atoms with van der Waals surface area (Å²) in [4.78, 5) is 25.6. The number of ether oxygens (including phenoxy) is 6. The van der Waals surface area contributed by atoms with E-state index >= 15 is 0 Å². The largest absolute Gasteiger partial charge is 0.375 e. The summed E-state index contributed by atoms with van der Waals surface area (Å²) in [6.45, 7) is 27.4. The van der Waals surface area contributed by atoms with Crippen LogP contribution in [0.2, 0.25) is 0 Å². The number of nitrogens with one attached hydrogen (secondary N) is 4. The minimum absolute atomic E-state index is 0.207. The molecule has 6 aromatic heterocycles. The van der Waals surface area contributed by atoms with E-state index in [0.717, 1.165) is 27.7 Å². The molecule has 0 aliphatic heterocycles. The molecular formula is C40H69N13O7S. The maximum atomic E-state index is 5.44. The van der Waals surface area contributed by atoms with Crippen LogP contribution >= 0.6 is 11.3 Å². The van der Waals surface area contributed by atoms with Crippen molar-refractivity contribution in [2.24, 2.45) is 0 Å². The Kier molecular flexibility index (Phi) is 30.0. The van der Waals surface area contributed by atoms with Crippen molar-refractivity contribution >= 4 is 16.5 Å². The molecule has 0 spiro atoms. The second-order valence-electron chi connectivity index (χ2n) is 14.4. The molecule has 0 aromatic carbocycles. The van der Waals surface area contributed by atoms with Crippen molar-refractivity contribution in [1.29, 1.82) is 0 Å². The van der Waals surface area contributed by atoms with E-state index in [-0.39, 0.29) is 36.6 Å². The molecule has 0 bridgehead atoms. The van der Waals surface area contributed by atoms with Crippen molar-refractivity contribution in [3.05, 3.63) is 89.6 Å². The zero-order valence-corrected chi connectivity index (χ0v) is 38.6. The molecular weight excluding hydrogens is 807 g/mol. The molecule has 6 aromatic rings. The van der Waals surface area contributed by atoms with Gasteiger partial charge in [0.05, 0.1) is 111 Å². The zero-order chi connectivity index (χ0) is 45.3. The fourth-order valence-electron chi connectivity index (χ4n) is 3.55. The molecule has 6 N–H and O–H groups in total. The highest BCUT2D eigenvalue weighted by Gasteiger charge is 2.01. The first-order chi connectivity index (χ1) is 29.1. The van der Waals surface area contributed by atoms with Crippen LogP contribution < -0.4 is 5.73 Å². The van der Waals surface area contributed by atoms with Gasteiger partial charge in [-0.1, -0.05) is 21.7 Å². The van der Waals surface area contributed by atoms with E-state index in [0.29, 0.717) is 50.6 Å². The van der Waals surface area contributed by atoms with Crippen LogP contribution in [0.15, 0.2) is 60.6 Å². The number of rotatable bonds is 18. The van der Waals surface area contributed by atoms with E-state index in [1.54, 1.807) is 56.1 Å². The topological polar surface area (TPSA) is 261 Å². The number of aromatic nitrogens is 12. The van der Waals surface area contributed by atoms with Crippen LogP contribution in [0.3, 0.4) is 0 Å². The summed E-state index contributed by atoms with van der Waals surface area (Å²) in [6, 6.07) is 0. The normalized spacial score (nSPS) is 10.7. The number of nitrogens with two attached hydrogens (primary N) is 1. The first-order valence-electron chi connectivity index (χ1n) is 20.1. The van der Waals surface area contributed by atoms with Crippen LogP contribution in [0.4, 0.5) is 5.13 Å². The van der Waals surface area contributed by atoms with Crippen molar-refractivity contribution < 1.29 is 32.9 Å². The Morgan fingerprint density at radius 3 is 1.54 bits per heavy atom. The predicted octanol–water partition coefficient (Wildman–Crippen LogP) is 7.38. The van der Waals surface area contributed by atoms with Crippen molar-refractivity contribution in [2.75, 3.05) is 5.73 Å². The summed E-state index contributed by atoms with van der Waals surface area (Å²) in [5.74, 6) is 1.47. The first kappa shape index (κ1) is 54.1. The monoisotopic (exact) mass is 876 g/mol. The van der Waals surface area contributed by atoms with Gasteiger partial charge in [0.15, 0.2) is 11.0 Å². The second-order valence-corrected chi connectivity index (χ2v) is 15.5. The molecule has 0 aliphatic carbocycles. The second kappa shape index (κ2) is 33.8. The first-order valence-corrected chi connectivity index (χ1v) is 20.9.